The number of unbranched alkanes of at least 4 members (excludes halogenated alkanes) is 12. The molecule has 0 atom stereocenters. The minimum atomic E-state index is 0.919. The van der Waals surface area contributed by atoms with E-state index in [1.807, 2.05) is 0 Å². The third kappa shape index (κ3) is 12.1. The van der Waals surface area contributed by atoms with Gasteiger partial charge in [-0.3, -0.25) is 0 Å². The number of benzene rings is 2. The van der Waals surface area contributed by atoms with Crippen LogP contribution in [0, 0.1) is 0 Å². The van der Waals surface area contributed by atoms with E-state index < -0.39 is 0 Å². The van der Waals surface area contributed by atoms with Gasteiger partial charge in [-0.25, -0.2) is 0 Å². The molecule has 0 unspecified atom stereocenters. The fourth-order valence-electron chi connectivity index (χ4n) is 4.56. The Morgan fingerprint density at radius 3 is 1.79 bits per heavy atom. The van der Waals surface area contributed by atoms with Crippen molar-refractivity contribution in [3.63, 3.8) is 0 Å². The average Bonchev–Trinajstić information content (AvgIpc) is 2.87. The van der Waals surface area contributed by atoms with Crippen molar-refractivity contribution in [3.8, 4) is 0 Å². The van der Waals surface area contributed by atoms with Crippen LogP contribution in [-0.2, 0) is 12.8 Å². The molecular weight excluding hydrogens is 428 g/mol. The molecule has 0 fully saturated rings. The van der Waals surface area contributed by atoms with Gasteiger partial charge in [-0.15, -0.1) is 0 Å². The third-order valence-electron chi connectivity index (χ3n) is 6.83. The molecule has 0 saturated heterocycles. The quantitative estimate of drug-likeness (QED) is 0.0840. The number of hydrogen-bond donors (Lipinski definition) is 0. The van der Waals surface area contributed by atoms with Crippen LogP contribution in [0.4, 0.5) is 0 Å². The molecule has 0 aliphatic heterocycles. The van der Waals surface area contributed by atoms with Gasteiger partial charge < -0.3 is 0 Å². The summed E-state index contributed by atoms with van der Waals surface area (Å²) in [5, 5.41) is 0. The fraction of sp³-hybridized carbons (Fsp3) is 0.545. The number of allylic oxidation sites excluding steroid dienone is 1. The summed E-state index contributed by atoms with van der Waals surface area (Å²) in [5.74, 6) is 0. The lowest BCUT2D eigenvalue weighted by molar-refractivity contribution is 0.544. The Morgan fingerprint density at radius 2 is 1.18 bits per heavy atom. The van der Waals surface area contributed by atoms with Crippen molar-refractivity contribution in [1.82, 2.24) is 0 Å². The molecule has 2 aromatic rings. The summed E-state index contributed by atoms with van der Waals surface area (Å²) >= 11 is 5.70. The molecule has 0 saturated carbocycles. The first-order chi connectivity index (χ1) is 16.7. The van der Waals surface area contributed by atoms with Crippen LogP contribution in [0.2, 0.25) is 0 Å². The van der Waals surface area contributed by atoms with Gasteiger partial charge in [-0.05, 0) is 54.0 Å². The smallest absolute Gasteiger partial charge is 0.0449 e. The second kappa shape index (κ2) is 18.6. The Bertz CT molecular complexity index is 815. The minimum Gasteiger partial charge on any atom is -0.0795 e. The predicted molar refractivity (Wildman–Crippen MR) is 157 cm³/mol. The first-order valence-electron chi connectivity index (χ1n) is 14.1. The molecule has 0 bridgehead atoms. The van der Waals surface area contributed by atoms with Crippen molar-refractivity contribution in [2.24, 2.45) is 0 Å². The third-order valence-corrected chi connectivity index (χ3v) is 7.20. The van der Waals surface area contributed by atoms with Gasteiger partial charge in [0.1, 0.15) is 0 Å². The highest BCUT2D eigenvalue weighted by Gasteiger charge is 2.02. The molecule has 0 amide bonds. The first-order valence-corrected chi connectivity index (χ1v) is 14.5. The van der Waals surface area contributed by atoms with Crippen LogP contribution in [-0.4, -0.2) is 4.86 Å². The summed E-state index contributed by atoms with van der Waals surface area (Å²) in [5.41, 5.74) is 5.30. The van der Waals surface area contributed by atoms with Crippen molar-refractivity contribution in [1.29, 1.82) is 0 Å². The first kappa shape index (κ1) is 28.5. The molecule has 0 radical (unpaired) electrons. The van der Waals surface area contributed by atoms with E-state index in [1.165, 1.54) is 113 Å². The minimum absolute atomic E-state index is 0.919. The summed E-state index contributed by atoms with van der Waals surface area (Å²) in [7, 11) is 0. The highest BCUT2D eigenvalue weighted by atomic mass is 32.1. The number of aryl methyl sites for hydroxylation is 2. The largest absolute Gasteiger partial charge is 0.0795 e. The van der Waals surface area contributed by atoms with Gasteiger partial charge in [0.05, 0.1) is 0 Å². The normalized spacial score (nSPS) is 11.4. The van der Waals surface area contributed by atoms with Crippen LogP contribution in [0.15, 0.2) is 54.6 Å². The molecule has 2 rings (SSSR count). The Balaban J connectivity index is 1.63. The van der Waals surface area contributed by atoms with E-state index in [0.29, 0.717) is 0 Å². The molecule has 2 aromatic carbocycles. The highest BCUT2D eigenvalue weighted by molar-refractivity contribution is 7.81. The Hall–Kier alpha value is -1.73. The van der Waals surface area contributed by atoms with Crippen LogP contribution in [0.1, 0.15) is 126 Å². The standard InChI is InChI=1S/C33H48S/c1-3-5-7-8-9-10-11-12-13-14-15-16-19-29-23-25-32(26-24-29)33(34)28-27-31-22-18-17-21-30(31)20-6-4-2/h17-18,21-28H,3-16,19-20H2,1-2H3. The van der Waals surface area contributed by atoms with Gasteiger partial charge in [0.15, 0.2) is 0 Å². The molecule has 0 nitrogen and oxygen atoms in total. The molecular formula is C33H48S. The van der Waals surface area contributed by atoms with Gasteiger partial charge in [0.2, 0.25) is 0 Å². The van der Waals surface area contributed by atoms with Crippen LogP contribution in [0.5, 0.6) is 0 Å². The van der Waals surface area contributed by atoms with E-state index in [-0.39, 0.29) is 0 Å². The zero-order valence-electron chi connectivity index (χ0n) is 22.0. The Labute approximate surface area is 216 Å². The topological polar surface area (TPSA) is 0 Å². The Kier molecular flexibility index (Phi) is 15.6. The number of thiocarbonyl (C=S) groups is 1. The van der Waals surface area contributed by atoms with E-state index in [0.717, 1.165) is 16.8 Å². The van der Waals surface area contributed by atoms with Gasteiger partial charge in [-0.1, -0.05) is 158 Å². The van der Waals surface area contributed by atoms with E-state index in [9.17, 15) is 0 Å². The van der Waals surface area contributed by atoms with Crippen LogP contribution < -0.4 is 0 Å². The van der Waals surface area contributed by atoms with E-state index in [2.05, 4.69) is 74.5 Å². The molecule has 0 aliphatic carbocycles. The predicted octanol–water partition coefficient (Wildman–Crippen LogP) is 10.7. The van der Waals surface area contributed by atoms with Gasteiger partial charge in [-0.2, -0.15) is 0 Å². The maximum atomic E-state index is 5.70. The summed E-state index contributed by atoms with van der Waals surface area (Å²) in [6.07, 6.45) is 25.9. The molecule has 34 heavy (non-hydrogen) atoms. The maximum Gasteiger partial charge on any atom is 0.0449 e. The maximum absolute atomic E-state index is 5.70. The van der Waals surface area contributed by atoms with Crippen molar-refractivity contribution in [2.75, 3.05) is 0 Å². The highest BCUT2D eigenvalue weighted by Crippen LogP contribution is 2.17. The molecule has 186 valence electrons. The second-order valence-electron chi connectivity index (χ2n) is 9.84. The van der Waals surface area contributed by atoms with Gasteiger partial charge >= 0.3 is 0 Å². The molecule has 0 heterocycles. The summed E-state index contributed by atoms with van der Waals surface area (Å²) in [4.78, 5) is 0.919. The lowest BCUT2D eigenvalue weighted by atomic mass is 10.00. The monoisotopic (exact) mass is 476 g/mol. The molecule has 0 N–H and O–H groups in total. The summed E-state index contributed by atoms with van der Waals surface area (Å²) < 4.78 is 0. The second-order valence-corrected chi connectivity index (χ2v) is 10.3. The van der Waals surface area contributed by atoms with Crippen molar-refractivity contribution in [2.45, 2.75) is 117 Å². The van der Waals surface area contributed by atoms with Crippen molar-refractivity contribution < 1.29 is 0 Å². The van der Waals surface area contributed by atoms with Crippen molar-refractivity contribution >= 4 is 23.2 Å². The zero-order valence-corrected chi connectivity index (χ0v) is 22.8. The van der Waals surface area contributed by atoms with Crippen LogP contribution >= 0.6 is 12.2 Å². The van der Waals surface area contributed by atoms with Crippen LogP contribution in [0.25, 0.3) is 6.08 Å². The molecule has 1 heteroatoms. The van der Waals surface area contributed by atoms with E-state index in [4.69, 9.17) is 12.2 Å². The molecule has 0 aliphatic rings. The summed E-state index contributed by atoms with van der Waals surface area (Å²) in [6.45, 7) is 4.54. The lowest BCUT2D eigenvalue weighted by Crippen LogP contribution is -1.95. The average molecular weight is 477 g/mol. The lowest BCUT2D eigenvalue weighted by Gasteiger charge is -2.06. The van der Waals surface area contributed by atoms with Gasteiger partial charge in [0, 0.05) is 4.86 Å². The molecule has 0 aromatic heterocycles. The SMILES string of the molecule is CCCCCCCCCCCCCCc1ccc(C(=S)C=Cc2ccccc2CCCC)cc1. The Morgan fingerprint density at radius 1 is 0.618 bits per heavy atom. The van der Waals surface area contributed by atoms with Crippen LogP contribution in [0.3, 0.4) is 0 Å². The van der Waals surface area contributed by atoms with E-state index >= 15 is 0 Å². The number of hydrogen-bond acceptors (Lipinski definition) is 1. The summed E-state index contributed by atoms with van der Waals surface area (Å²) in [6, 6.07) is 17.6. The number of rotatable bonds is 19. The van der Waals surface area contributed by atoms with Crippen molar-refractivity contribution in [3.05, 3.63) is 76.9 Å². The fourth-order valence-corrected chi connectivity index (χ4v) is 4.76. The zero-order chi connectivity index (χ0) is 24.3. The van der Waals surface area contributed by atoms with E-state index in [1.54, 1.807) is 0 Å². The van der Waals surface area contributed by atoms with Gasteiger partial charge in [0.25, 0.3) is 0 Å². The molecule has 0 spiro atoms.